The van der Waals surface area contributed by atoms with Crippen LogP contribution in [0.2, 0.25) is 0 Å². The van der Waals surface area contributed by atoms with E-state index in [1.54, 1.807) is 4.85 Å². The van der Waals surface area contributed by atoms with E-state index in [1.165, 1.54) is 38.5 Å². The molecule has 0 spiro atoms. The van der Waals surface area contributed by atoms with Gasteiger partial charge in [0.1, 0.15) is 11.0 Å². The van der Waals surface area contributed by atoms with Gasteiger partial charge in [0, 0.05) is 39.3 Å². The van der Waals surface area contributed by atoms with Gasteiger partial charge in [0.25, 0.3) is 0 Å². The average Bonchev–Trinajstić information content (AvgIpc) is 3.49. The first-order valence-corrected chi connectivity index (χ1v) is 11.6. The van der Waals surface area contributed by atoms with Crippen LogP contribution in [0, 0.1) is 0 Å². The molecule has 5 rings (SSSR count). The molecule has 1 aromatic heterocycles. The minimum Gasteiger partial charge on any atom is -0.183 e. The van der Waals surface area contributed by atoms with Crippen molar-refractivity contribution in [2.24, 2.45) is 0 Å². The Balaban J connectivity index is 0.00000180. The first-order chi connectivity index (χ1) is 12.9. The van der Waals surface area contributed by atoms with Crippen molar-refractivity contribution >= 4 is 28.9 Å². The highest BCUT2D eigenvalue weighted by molar-refractivity contribution is 7.64. The van der Waals surface area contributed by atoms with E-state index in [0.29, 0.717) is 0 Å². The Morgan fingerprint density at radius 3 is 1.74 bits per heavy atom. The maximum absolute atomic E-state index is 6.94. The van der Waals surface area contributed by atoms with Crippen LogP contribution in [0.5, 0.6) is 0 Å². The summed E-state index contributed by atoms with van der Waals surface area (Å²) in [7, 11) is -2.07. The lowest BCUT2D eigenvalue weighted by atomic mass is 10.3. The predicted octanol–water partition coefficient (Wildman–Crippen LogP) is 2.88. The van der Waals surface area contributed by atoms with Gasteiger partial charge in [-0.15, -0.1) is 19.1 Å². The maximum Gasteiger partial charge on any atom is 0.451 e. The molecular weight excluding hydrogens is 378 g/mol. The number of aromatic nitrogens is 3. The zero-order chi connectivity index (χ0) is 17.4. The zero-order valence-corrected chi connectivity index (χ0v) is 18.3. The number of fused-ring (bicyclic) bond motifs is 1. The summed E-state index contributed by atoms with van der Waals surface area (Å²) in [5.41, 5.74) is 1.87. The van der Waals surface area contributed by atoms with Gasteiger partial charge in [0.15, 0.2) is 0 Å². The lowest BCUT2D eigenvalue weighted by Crippen LogP contribution is -2.47. The largest absolute Gasteiger partial charge is 0.451 e. The van der Waals surface area contributed by atoms with E-state index in [0.717, 1.165) is 50.3 Å². The number of hydrogen-bond donors (Lipinski definition) is 0. The van der Waals surface area contributed by atoms with Gasteiger partial charge in [-0.1, -0.05) is 12.1 Å². The van der Waals surface area contributed by atoms with Crippen molar-refractivity contribution < 1.29 is 4.62 Å². The predicted molar refractivity (Wildman–Crippen MR) is 115 cm³/mol. The molecule has 3 fully saturated rings. The third kappa shape index (κ3) is 3.38. The summed E-state index contributed by atoms with van der Waals surface area (Å²) in [4.78, 5) is 1.72. The molecule has 2 aromatic rings. The number of nitrogens with zero attached hydrogens (tertiary/aromatic N) is 6. The smallest absolute Gasteiger partial charge is 0.183 e. The van der Waals surface area contributed by atoms with Gasteiger partial charge in [-0.05, 0) is 60.7 Å². The number of rotatable bonds is 5. The second-order valence-electron chi connectivity index (χ2n) is 7.53. The molecule has 1 aromatic carbocycles. The van der Waals surface area contributed by atoms with Crippen molar-refractivity contribution in [3.63, 3.8) is 0 Å². The highest BCUT2D eigenvalue weighted by Crippen LogP contribution is 2.68. The van der Waals surface area contributed by atoms with E-state index < -0.39 is 7.94 Å². The average molecular weight is 409 g/mol. The topological polar surface area (TPSA) is 49.7 Å². The van der Waals surface area contributed by atoms with E-state index in [-0.39, 0.29) is 9.90 Å². The third-order valence-corrected chi connectivity index (χ3v) is 9.65. The fourth-order valence-electron chi connectivity index (χ4n) is 4.59. The van der Waals surface area contributed by atoms with Gasteiger partial charge in [-0.2, -0.15) is 14.5 Å². The number of benzene rings is 1. The van der Waals surface area contributed by atoms with Gasteiger partial charge in [-0.3, -0.25) is 0 Å². The Bertz CT molecular complexity index is 712. The van der Waals surface area contributed by atoms with Crippen LogP contribution in [0.3, 0.4) is 0 Å². The van der Waals surface area contributed by atoms with E-state index in [2.05, 4.69) is 30.4 Å². The van der Waals surface area contributed by atoms with Crippen LogP contribution in [0.4, 0.5) is 0 Å². The van der Waals surface area contributed by atoms with E-state index >= 15 is 0 Å². The van der Waals surface area contributed by atoms with Gasteiger partial charge in [0.2, 0.25) is 0 Å². The Hall–Kier alpha value is -0.840. The standard InChI is InChI=1S/C18H28N6OP.H3P/c1-2-10-18-17(9-1)19-20-24(18)25-26(21-11-3-4-12-21,22-13-5-6-14-22)23-15-7-8-16-23;/h1-2,9-10H,3-8,11-16H2;1H3/q+1;. The van der Waals surface area contributed by atoms with Gasteiger partial charge in [0.05, 0.1) is 0 Å². The summed E-state index contributed by atoms with van der Waals surface area (Å²) in [5, 5.41) is 8.72. The first-order valence-electron chi connectivity index (χ1n) is 10.0. The SMILES string of the molecule is P.c1ccc2c(c1)nnn2O[P+](N1CCCC1)(N1CCCC1)N1CCCC1. The van der Waals surface area contributed by atoms with Gasteiger partial charge < -0.3 is 0 Å². The molecule has 1 atom stereocenters. The van der Waals surface area contributed by atoms with Crippen LogP contribution in [0.1, 0.15) is 38.5 Å². The molecule has 3 saturated heterocycles. The summed E-state index contributed by atoms with van der Waals surface area (Å²) in [6.45, 7) is 6.79. The minimum atomic E-state index is -2.07. The molecule has 0 saturated carbocycles. The monoisotopic (exact) mass is 409 g/mol. The summed E-state index contributed by atoms with van der Waals surface area (Å²) in [5.74, 6) is 0. The fraction of sp³-hybridized carbons (Fsp3) is 0.667. The molecule has 3 aliphatic heterocycles. The lowest BCUT2D eigenvalue weighted by molar-refractivity contribution is 0.169. The van der Waals surface area contributed by atoms with E-state index in [9.17, 15) is 0 Å². The summed E-state index contributed by atoms with van der Waals surface area (Å²) in [6.07, 6.45) is 7.61. The maximum atomic E-state index is 6.94. The molecule has 0 bridgehead atoms. The van der Waals surface area contributed by atoms with Crippen LogP contribution in [0.15, 0.2) is 24.3 Å². The van der Waals surface area contributed by atoms with Crippen molar-refractivity contribution in [2.45, 2.75) is 38.5 Å². The molecule has 0 aliphatic carbocycles. The molecule has 148 valence electrons. The van der Waals surface area contributed by atoms with E-state index in [1.807, 2.05) is 18.2 Å². The van der Waals surface area contributed by atoms with E-state index in [4.69, 9.17) is 4.62 Å². The van der Waals surface area contributed by atoms with Crippen LogP contribution in [-0.2, 0) is 0 Å². The fourth-order valence-corrected chi connectivity index (χ4v) is 8.71. The molecule has 9 heteroatoms. The normalized spacial score (nSPS) is 22.5. The molecule has 7 nitrogen and oxygen atoms in total. The van der Waals surface area contributed by atoms with Crippen molar-refractivity contribution in [2.75, 3.05) is 39.3 Å². The van der Waals surface area contributed by atoms with Crippen molar-refractivity contribution in [1.82, 2.24) is 29.2 Å². The Morgan fingerprint density at radius 1 is 0.741 bits per heavy atom. The Labute approximate surface area is 165 Å². The zero-order valence-electron chi connectivity index (χ0n) is 16.0. The molecule has 1 unspecified atom stereocenters. The number of para-hydroxylation sites is 1. The lowest BCUT2D eigenvalue weighted by Gasteiger charge is -2.39. The summed E-state index contributed by atoms with van der Waals surface area (Å²) >= 11 is 0. The second kappa shape index (κ2) is 8.26. The second-order valence-corrected chi connectivity index (χ2v) is 10.4. The van der Waals surface area contributed by atoms with Crippen molar-refractivity contribution in [1.29, 1.82) is 0 Å². The first kappa shape index (κ1) is 19.5. The van der Waals surface area contributed by atoms with Crippen LogP contribution in [-0.4, -0.2) is 68.4 Å². The van der Waals surface area contributed by atoms with Crippen molar-refractivity contribution in [3.8, 4) is 0 Å². The highest BCUT2D eigenvalue weighted by Gasteiger charge is 2.63. The summed E-state index contributed by atoms with van der Waals surface area (Å²) in [6, 6.07) is 8.10. The molecule has 27 heavy (non-hydrogen) atoms. The third-order valence-electron chi connectivity index (χ3n) is 5.86. The molecule has 0 radical (unpaired) electrons. The van der Waals surface area contributed by atoms with Gasteiger partial charge in [-0.25, -0.2) is 0 Å². The van der Waals surface area contributed by atoms with Crippen LogP contribution in [0.25, 0.3) is 11.0 Å². The number of hydrogen-bond acceptors (Lipinski definition) is 6. The Kier molecular flexibility index (Phi) is 5.96. The summed E-state index contributed by atoms with van der Waals surface area (Å²) < 4.78 is 14.9. The Morgan fingerprint density at radius 2 is 1.22 bits per heavy atom. The molecule has 0 N–H and O–H groups in total. The van der Waals surface area contributed by atoms with Crippen LogP contribution < -0.4 is 4.62 Å². The van der Waals surface area contributed by atoms with Gasteiger partial charge >= 0.3 is 7.94 Å². The quantitative estimate of drug-likeness (QED) is 0.708. The minimum absolute atomic E-state index is 0. The van der Waals surface area contributed by atoms with Crippen LogP contribution >= 0.6 is 17.8 Å². The molecule has 0 amide bonds. The molecule has 3 aliphatic rings. The highest BCUT2D eigenvalue weighted by atomic mass is 31.2. The van der Waals surface area contributed by atoms with Crippen molar-refractivity contribution in [3.05, 3.63) is 24.3 Å². The molecular formula is C18H31N6OP2+. The molecule has 4 heterocycles.